The summed E-state index contributed by atoms with van der Waals surface area (Å²) in [5, 5.41) is 2.77. The van der Waals surface area contributed by atoms with Crippen molar-refractivity contribution in [3.63, 3.8) is 0 Å². The van der Waals surface area contributed by atoms with Gasteiger partial charge in [-0.25, -0.2) is 9.69 Å². The normalized spacial score (nSPS) is 28.4. The molecular formula is C19H22BrN3O4. The molecule has 1 aromatic rings. The van der Waals surface area contributed by atoms with Crippen LogP contribution in [0.15, 0.2) is 16.6 Å². The van der Waals surface area contributed by atoms with Crippen LogP contribution in [0.25, 0.3) is 0 Å². The van der Waals surface area contributed by atoms with Crippen LogP contribution in [0, 0.1) is 13.8 Å². The van der Waals surface area contributed by atoms with Crippen LogP contribution in [-0.2, 0) is 14.3 Å². The number of hydrogen-bond donors (Lipinski definition) is 1. The van der Waals surface area contributed by atoms with E-state index in [4.69, 9.17) is 4.74 Å². The average Bonchev–Trinajstić information content (AvgIpc) is 3.15. The first-order valence-corrected chi connectivity index (χ1v) is 9.95. The van der Waals surface area contributed by atoms with E-state index in [1.165, 1.54) is 0 Å². The van der Waals surface area contributed by atoms with Crippen LogP contribution in [0.5, 0.6) is 0 Å². The molecule has 0 aromatic heterocycles. The largest absolute Gasteiger partial charge is 0.378 e. The third kappa shape index (κ3) is 2.86. The first kappa shape index (κ1) is 18.4. The SMILES string of the molecule is Cc1cc(Br)cc(C)c1N1CCCC(N2C(=O)NC3(CCOC3)C2=O)C1=O. The summed E-state index contributed by atoms with van der Waals surface area (Å²) in [7, 11) is 0. The van der Waals surface area contributed by atoms with Crippen molar-refractivity contribution in [3.05, 3.63) is 27.7 Å². The van der Waals surface area contributed by atoms with Crippen LogP contribution in [0.2, 0.25) is 0 Å². The molecule has 3 heterocycles. The van der Waals surface area contributed by atoms with E-state index in [0.717, 1.165) is 32.6 Å². The number of carbonyl (C=O) groups excluding carboxylic acids is 3. The van der Waals surface area contributed by atoms with E-state index in [-0.39, 0.29) is 18.4 Å². The minimum Gasteiger partial charge on any atom is -0.378 e. The maximum absolute atomic E-state index is 13.3. The van der Waals surface area contributed by atoms with Gasteiger partial charge in [-0.05, 0) is 49.9 Å². The van der Waals surface area contributed by atoms with Crippen LogP contribution < -0.4 is 10.2 Å². The minimum atomic E-state index is -0.997. The van der Waals surface area contributed by atoms with Crippen molar-refractivity contribution >= 4 is 39.5 Å². The molecule has 1 N–H and O–H groups in total. The highest BCUT2D eigenvalue weighted by Gasteiger charge is 2.57. The molecule has 8 heteroatoms. The number of piperidine rings is 1. The van der Waals surface area contributed by atoms with E-state index in [1.807, 2.05) is 26.0 Å². The van der Waals surface area contributed by atoms with Gasteiger partial charge in [-0.3, -0.25) is 9.59 Å². The second-order valence-corrected chi connectivity index (χ2v) is 8.44. The number of imide groups is 1. The van der Waals surface area contributed by atoms with Crippen molar-refractivity contribution in [1.29, 1.82) is 0 Å². The zero-order valence-corrected chi connectivity index (χ0v) is 17.0. The van der Waals surface area contributed by atoms with E-state index >= 15 is 0 Å². The molecule has 3 fully saturated rings. The number of urea groups is 1. The highest BCUT2D eigenvalue weighted by Crippen LogP contribution is 2.35. The Labute approximate surface area is 166 Å². The van der Waals surface area contributed by atoms with Crippen LogP contribution in [-0.4, -0.2) is 54.1 Å². The number of rotatable bonds is 2. The number of halogens is 1. The van der Waals surface area contributed by atoms with E-state index in [2.05, 4.69) is 21.2 Å². The zero-order chi connectivity index (χ0) is 19.3. The molecule has 3 aliphatic rings. The van der Waals surface area contributed by atoms with Crippen molar-refractivity contribution in [3.8, 4) is 0 Å². The lowest BCUT2D eigenvalue weighted by Crippen LogP contribution is -2.56. The van der Waals surface area contributed by atoms with Gasteiger partial charge in [-0.2, -0.15) is 0 Å². The molecule has 3 saturated heterocycles. The van der Waals surface area contributed by atoms with Crippen LogP contribution >= 0.6 is 15.9 Å². The summed E-state index contributed by atoms with van der Waals surface area (Å²) in [4.78, 5) is 41.7. The Kier molecular flexibility index (Phi) is 4.50. The molecule has 3 aliphatic heterocycles. The van der Waals surface area contributed by atoms with Crippen LogP contribution in [0.3, 0.4) is 0 Å². The molecule has 7 nitrogen and oxygen atoms in total. The smallest absolute Gasteiger partial charge is 0.325 e. The van der Waals surface area contributed by atoms with Crippen LogP contribution in [0.1, 0.15) is 30.4 Å². The monoisotopic (exact) mass is 435 g/mol. The third-order valence-electron chi connectivity index (χ3n) is 5.66. The fourth-order valence-electron chi connectivity index (χ4n) is 4.40. The highest BCUT2D eigenvalue weighted by atomic mass is 79.9. The maximum Gasteiger partial charge on any atom is 0.325 e. The van der Waals surface area contributed by atoms with Crippen molar-refractivity contribution in [1.82, 2.24) is 10.2 Å². The molecule has 4 amide bonds. The molecule has 2 atom stereocenters. The summed E-state index contributed by atoms with van der Waals surface area (Å²) >= 11 is 3.48. The van der Waals surface area contributed by atoms with Gasteiger partial charge in [0, 0.05) is 29.7 Å². The Morgan fingerprint density at radius 1 is 1.22 bits per heavy atom. The first-order chi connectivity index (χ1) is 12.8. The van der Waals surface area contributed by atoms with Crippen LogP contribution in [0.4, 0.5) is 10.5 Å². The Balaban J connectivity index is 1.65. The van der Waals surface area contributed by atoms with Gasteiger partial charge < -0.3 is 15.0 Å². The fraction of sp³-hybridized carbons (Fsp3) is 0.526. The lowest BCUT2D eigenvalue weighted by Gasteiger charge is -2.37. The van der Waals surface area contributed by atoms with E-state index in [9.17, 15) is 14.4 Å². The zero-order valence-electron chi connectivity index (χ0n) is 15.4. The standard InChI is InChI=1S/C19H22BrN3O4/c1-11-8-13(20)9-12(2)15(11)22-6-3-4-14(16(22)24)23-17(25)19(21-18(23)26)5-7-27-10-19/h8-9,14H,3-7,10H2,1-2H3,(H,21,26). The second-order valence-electron chi connectivity index (χ2n) is 7.53. The first-order valence-electron chi connectivity index (χ1n) is 9.16. The topological polar surface area (TPSA) is 79.0 Å². The summed E-state index contributed by atoms with van der Waals surface area (Å²) in [5.74, 6) is -0.538. The summed E-state index contributed by atoms with van der Waals surface area (Å²) in [6.07, 6.45) is 1.66. The summed E-state index contributed by atoms with van der Waals surface area (Å²) in [6.45, 7) is 5.10. The fourth-order valence-corrected chi connectivity index (χ4v) is 5.09. The average molecular weight is 436 g/mol. The predicted octanol–water partition coefficient (Wildman–Crippen LogP) is 2.27. The molecule has 1 aromatic carbocycles. The Morgan fingerprint density at radius 2 is 1.93 bits per heavy atom. The van der Waals surface area contributed by atoms with Gasteiger partial charge in [0.25, 0.3) is 5.91 Å². The number of ether oxygens (including phenoxy) is 1. The maximum atomic E-state index is 13.3. The van der Waals surface area contributed by atoms with Crippen molar-refractivity contribution < 1.29 is 19.1 Å². The van der Waals surface area contributed by atoms with Gasteiger partial charge in [-0.1, -0.05) is 15.9 Å². The highest BCUT2D eigenvalue weighted by molar-refractivity contribution is 9.10. The lowest BCUT2D eigenvalue weighted by molar-refractivity contribution is -0.138. The third-order valence-corrected chi connectivity index (χ3v) is 6.12. The van der Waals surface area contributed by atoms with Gasteiger partial charge in [0.15, 0.2) is 0 Å². The molecule has 2 unspecified atom stereocenters. The Hall–Kier alpha value is -1.93. The summed E-state index contributed by atoms with van der Waals surface area (Å²) in [6, 6.07) is 2.68. The van der Waals surface area contributed by atoms with Gasteiger partial charge in [-0.15, -0.1) is 0 Å². The summed E-state index contributed by atoms with van der Waals surface area (Å²) in [5.41, 5.74) is 1.82. The predicted molar refractivity (Wildman–Crippen MR) is 103 cm³/mol. The number of aryl methyl sites for hydroxylation is 2. The molecule has 1 spiro atoms. The number of carbonyl (C=O) groups is 3. The van der Waals surface area contributed by atoms with Gasteiger partial charge in [0.05, 0.1) is 6.61 Å². The van der Waals surface area contributed by atoms with Gasteiger partial charge in [0.1, 0.15) is 11.6 Å². The summed E-state index contributed by atoms with van der Waals surface area (Å²) < 4.78 is 6.29. The van der Waals surface area contributed by atoms with E-state index in [1.54, 1.807) is 4.90 Å². The van der Waals surface area contributed by atoms with Crippen molar-refractivity contribution in [2.45, 2.75) is 44.7 Å². The molecule has 0 radical (unpaired) electrons. The molecule has 0 bridgehead atoms. The number of benzene rings is 1. The molecule has 0 aliphatic carbocycles. The molecule has 27 heavy (non-hydrogen) atoms. The lowest BCUT2D eigenvalue weighted by atomic mass is 9.96. The van der Waals surface area contributed by atoms with Crippen molar-refractivity contribution in [2.24, 2.45) is 0 Å². The van der Waals surface area contributed by atoms with E-state index in [0.29, 0.717) is 26.0 Å². The van der Waals surface area contributed by atoms with E-state index < -0.39 is 17.6 Å². The number of anilines is 1. The number of hydrogen-bond acceptors (Lipinski definition) is 4. The number of nitrogens with one attached hydrogen (secondary N) is 1. The van der Waals surface area contributed by atoms with Crippen molar-refractivity contribution in [2.75, 3.05) is 24.7 Å². The molecule has 144 valence electrons. The Bertz CT molecular complexity index is 811. The minimum absolute atomic E-state index is 0.170. The molecular weight excluding hydrogens is 414 g/mol. The molecule has 4 rings (SSSR count). The van der Waals surface area contributed by atoms with Gasteiger partial charge in [0.2, 0.25) is 5.91 Å². The number of amides is 4. The number of nitrogens with zero attached hydrogens (tertiary/aromatic N) is 2. The second kappa shape index (κ2) is 6.60. The quantitative estimate of drug-likeness (QED) is 0.722. The molecule has 0 saturated carbocycles. The van der Waals surface area contributed by atoms with Gasteiger partial charge >= 0.3 is 6.03 Å². The Morgan fingerprint density at radius 3 is 2.56 bits per heavy atom.